The number of ether oxygens (including phenoxy) is 1. The molecule has 0 radical (unpaired) electrons. The number of hydrogen-bond donors (Lipinski definition) is 1. The van der Waals surface area contributed by atoms with Gasteiger partial charge >= 0.3 is 0 Å². The molecular formula is C13H9ClN2OS. The van der Waals surface area contributed by atoms with Gasteiger partial charge in [-0.15, -0.1) is 11.3 Å². The Morgan fingerprint density at radius 1 is 1.28 bits per heavy atom. The van der Waals surface area contributed by atoms with Gasteiger partial charge in [0.1, 0.15) is 17.4 Å². The summed E-state index contributed by atoms with van der Waals surface area (Å²) in [5, 5.41) is 4.69. The van der Waals surface area contributed by atoms with E-state index in [1.54, 1.807) is 11.3 Å². The number of nitrogens with zero attached hydrogens (tertiary/aromatic N) is 1. The lowest BCUT2D eigenvalue weighted by atomic mass is 10.0. The first-order chi connectivity index (χ1) is 8.83. The topological polar surface area (TPSA) is 33.6 Å². The van der Waals surface area contributed by atoms with E-state index in [0.717, 1.165) is 16.3 Å². The van der Waals surface area contributed by atoms with Crippen molar-refractivity contribution in [2.75, 3.05) is 5.32 Å². The van der Waals surface area contributed by atoms with Crippen LogP contribution in [0.3, 0.4) is 0 Å². The Hall–Kier alpha value is -1.52. The van der Waals surface area contributed by atoms with E-state index in [2.05, 4.69) is 16.4 Å². The minimum absolute atomic E-state index is 0.468. The zero-order chi connectivity index (χ0) is 12.1. The van der Waals surface area contributed by atoms with Crippen molar-refractivity contribution < 1.29 is 4.74 Å². The second-order valence-electron chi connectivity index (χ2n) is 4.23. The molecule has 0 atom stereocenters. The third-order valence-electron chi connectivity index (χ3n) is 3.21. The molecule has 4 rings (SSSR count). The van der Waals surface area contributed by atoms with Crippen LogP contribution < -0.4 is 10.1 Å². The number of aliphatic imine (C=N–C) groups is 1. The zero-order valence-electron chi connectivity index (χ0n) is 9.37. The number of fused-ring (bicyclic) bond motifs is 5. The average Bonchev–Trinajstić information content (AvgIpc) is 2.76. The smallest absolute Gasteiger partial charge is 0.196 e. The molecule has 0 saturated carbocycles. The van der Waals surface area contributed by atoms with Crippen LogP contribution in [-0.4, -0.2) is 5.29 Å². The maximum atomic E-state index is 5.92. The Labute approximate surface area is 113 Å². The second kappa shape index (κ2) is 3.73. The Kier molecular flexibility index (Phi) is 2.16. The highest BCUT2D eigenvalue weighted by Gasteiger charge is 2.26. The van der Waals surface area contributed by atoms with Crippen LogP contribution in [0.4, 0.5) is 5.00 Å². The van der Waals surface area contributed by atoms with Crippen LogP contribution in [0.5, 0.6) is 5.75 Å². The Morgan fingerprint density at radius 2 is 2.17 bits per heavy atom. The lowest BCUT2D eigenvalue weighted by Gasteiger charge is -2.18. The first-order valence-corrected chi connectivity index (χ1v) is 6.86. The van der Waals surface area contributed by atoms with Gasteiger partial charge in [-0.3, -0.25) is 4.99 Å². The number of benzene rings is 1. The summed E-state index contributed by atoms with van der Waals surface area (Å²) in [5.41, 5.74) is 3.62. The molecule has 0 bridgehead atoms. The Balaban J connectivity index is 1.92. The predicted octanol–water partition coefficient (Wildman–Crippen LogP) is 3.83. The molecule has 90 valence electrons. The summed E-state index contributed by atoms with van der Waals surface area (Å²) in [5.74, 6) is 0.954. The molecule has 3 nitrogen and oxygen atoms in total. The number of rotatable bonds is 0. The zero-order valence-corrected chi connectivity index (χ0v) is 10.9. The van der Waals surface area contributed by atoms with Gasteiger partial charge in [0.25, 0.3) is 0 Å². The van der Waals surface area contributed by atoms with Gasteiger partial charge in [-0.1, -0.05) is 12.1 Å². The van der Waals surface area contributed by atoms with Crippen molar-refractivity contribution >= 4 is 33.2 Å². The average molecular weight is 277 g/mol. The molecule has 0 unspecified atom stereocenters. The quantitative estimate of drug-likeness (QED) is 0.742. The van der Waals surface area contributed by atoms with Gasteiger partial charge in [0.2, 0.25) is 0 Å². The summed E-state index contributed by atoms with van der Waals surface area (Å²) in [7, 11) is 0. The van der Waals surface area contributed by atoms with Crippen molar-refractivity contribution in [3.05, 3.63) is 35.4 Å². The largest absolute Gasteiger partial charge is 0.488 e. The number of halogens is 1. The van der Waals surface area contributed by atoms with Crippen molar-refractivity contribution in [3.8, 4) is 16.2 Å². The SMILES string of the molecule is ClC1=NCc2c(sc3c2COc2ccccc2-3)N1. The van der Waals surface area contributed by atoms with Gasteiger partial charge in [-0.25, -0.2) is 0 Å². The summed E-state index contributed by atoms with van der Waals surface area (Å²) in [6, 6.07) is 8.13. The van der Waals surface area contributed by atoms with Crippen LogP contribution in [-0.2, 0) is 13.2 Å². The van der Waals surface area contributed by atoms with Crippen LogP contribution in [0.25, 0.3) is 10.4 Å². The van der Waals surface area contributed by atoms with Crippen LogP contribution in [0.15, 0.2) is 29.3 Å². The summed E-state index contributed by atoms with van der Waals surface area (Å²) < 4.78 is 5.80. The molecule has 2 aliphatic heterocycles. The van der Waals surface area contributed by atoms with E-state index in [4.69, 9.17) is 16.3 Å². The number of amidine groups is 1. The van der Waals surface area contributed by atoms with Crippen molar-refractivity contribution in [2.24, 2.45) is 4.99 Å². The molecule has 1 N–H and O–H groups in total. The molecular weight excluding hydrogens is 268 g/mol. The molecule has 0 saturated heterocycles. The minimum atomic E-state index is 0.468. The summed E-state index contributed by atoms with van der Waals surface area (Å²) in [6.45, 7) is 1.26. The van der Waals surface area contributed by atoms with Crippen LogP contribution in [0.2, 0.25) is 0 Å². The summed E-state index contributed by atoms with van der Waals surface area (Å²) >= 11 is 7.65. The number of para-hydroxylation sites is 1. The molecule has 0 amide bonds. The van der Waals surface area contributed by atoms with E-state index in [-0.39, 0.29) is 0 Å². The molecule has 5 heteroatoms. The number of nitrogens with one attached hydrogen (secondary N) is 1. The van der Waals surface area contributed by atoms with E-state index in [0.29, 0.717) is 18.4 Å². The third kappa shape index (κ3) is 1.39. The number of anilines is 1. The van der Waals surface area contributed by atoms with Crippen molar-refractivity contribution in [1.82, 2.24) is 0 Å². The molecule has 1 aromatic carbocycles. The predicted molar refractivity (Wildman–Crippen MR) is 74.7 cm³/mol. The van der Waals surface area contributed by atoms with E-state index in [1.165, 1.54) is 16.0 Å². The summed E-state index contributed by atoms with van der Waals surface area (Å²) in [4.78, 5) is 5.50. The first kappa shape index (κ1) is 10.4. The first-order valence-electron chi connectivity index (χ1n) is 5.66. The Morgan fingerprint density at radius 3 is 3.11 bits per heavy atom. The van der Waals surface area contributed by atoms with E-state index >= 15 is 0 Å². The normalized spacial score (nSPS) is 15.7. The molecule has 2 aliphatic rings. The fourth-order valence-electron chi connectivity index (χ4n) is 2.35. The highest BCUT2D eigenvalue weighted by atomic mass is 35.5. The van der Waals surface area contributed by atoms with Gasteiger partial charge < -0.3 is 10.1 Å². The highest BCUT2D eigenvalue weighted by Crippen LogP contribution is 2.47. The van der Waals surface area contributed by atoms with Crippen LogP contribution in [0.1, 0.15) is 11.1 Å². The fraction of sp³-hybridized carbons (Fsp3) is 0.154. The van der Waals surface area contributed by atoms with Gasteiger partial charge in [-0.05, 0) is 23.7 Å². The second-order valence-corrected chi connectivity index (χ2v) is 5.61. The standard InChI is InChI=1S/C13H9ClN2OS/c14-13-15-5-8-9-6-17-10-4-2-1-3-7(10)11(9)18-12(8)16-13/h1-4H,5-6H2,(H,15,16). The minimum Gasteiger partial charge on any atom is -0.488 e. The monoisotopic (exact) mass is 276 g/mol. The van der Waals surface area contributed by atoms with Crippen molar-refractivity contribution in [3.63, 3.8) is 0 Å². The molecule has 18 heavy (non-hydrogen) atoms. The molecule has 2 aromatic rings. The Bertz CT molecular complexity index is 678. The van der Waals surface area contributed by atoms with E-state index < -0.39 is 0 Å². The van der Waals surface area contributed by atoms with Crippen LogP contribution in [0, 0.1) is 0 Å². The lowest BCUT2D eigenvalue weighted by molar-refractivity contribution is 0.302. The lowest BCUT2D eigenvalue weighted by Crippen LogP contribution is -2.12. The maximum absolute atomic E-state index is 5.92. The van der Waals surface area contributed by atoms with Crippen LogP contribution >= 0.6 is 22.9 Å². The third-order valence-corrected chi connectivity index (χ3v) is 4.65. The van der Waals surface area contributed by atoms with Gasteiger partial charge in [-0.2, -0.15) is 0 Å². The summed E-state index contributed by atoms with van der Waals surface area (Å²) in [6.07, 6.45) is 0. The number of hydrogen-bond acceptors (Lipinski definition) is 4. The van der Waals surface area contributed by atoms with E-state index in [9.17, 15) is 0 Å². The molecule has 0 fully saturated rings. The fourth-order valence-corrected chi connectivity index (χ4v) is 3.81. The van der Waals surface area contributed by atoms with Gasteiger partial charge in [0, 0.05) is 21.6 Å². The number of thiophene rings is 1. The van der Waals surface area contributed by atoms with Crippen molar-refractivity contribution in [2.45, 2.75) is 13.2 Å². The molecule has 3 heterocycles. The molecule has 0 spiro atoms. The van der Waals surface area contributed by atoms with Gasteiger partial charge in [0.05, 0.1) is 6.54 Å². The van der Waals surface area contributed by atoms with Crippen molar-refractivity contribution in [1.29, 1.82) is 0 Å². The van der Waals surface area contributed by atoms with E-state index in [1.807, 2.05) is 18.2 Å². The molecule has 0 aliphatic carbocycles. The maximum Gasteiger partial charge on any atom is 0.196 e. The molecule has 1 aromatic heterocycles. The van der Waals surface area contributed by atoms with Gasteiger partial charge in [0.15, 0.2) is 5.29 Å². The highest BCUT2D eigenvalue weighted by molar-refractivity contribution is 7.20.